The lowest BCUT2D eigenvalue weighted by atomic mass is 10.1. The van der Waals surface area contributed by atoms with Crippen molar-refractivity contribution in [2.75, 3.05) is 0 Å². The third-order valence-electron chi connectivity index (χ3n) is 6.49. The van der Waals surface area contributed by atoms with Crippen molar-refractivity contribution in [3.63, 3.8) is 0 Å². The molecule has 0 aliphatic heterocycles. The fourth-order valence-electron chi connectivity index (χ4n) is 4.60. The van der Waals surface area contributed by atoms with E-state index in [1.807, 2.05) is 36.9 Å². The SMILES string of the molecule is c1ccc(CNCc2cncc(-c3cc4c(-c5nc6c(-c7ccsc7)cncc6[nH]5)n[nH]c4cn3)c2)cc1. The maximum atomic E-state index is 4.92. The van der Waals surface area contributed by atoms with Crippen molar-refractivity contribution in [3.8, 4) is 33.9 Å². The number of thiophene rings is 1. The molecule has 0 aliphatic carbocycles. The highest BCUT2D eigenvalue weighted by molar-refractivity contribution is 7.08. The molecular weight excluding hydrogens is 492 g/mol. The van der Waals surface area contributed by atoms with E-state index in [0.717, 1.165) is 62.1 Å². The summed E-state index contributed by atoms with van der Waals surface area (Å²) in [4.78, 5) is 21.9. The van der Waals surface area contributed by atoms with Crippen molar-refractivity contribution in [1.29, 1.82) is 0 Å². The largest absolute Gasteiger partial charge is 0.335 e. The van der Waals surface area contributed by atoms with E-state index in [4.69, 9.17) is 4.98 Å². The molecule has 0 radical (unpaired) electrons. The van der Waals surface area contributed by atoms with E-state index in [0.29, 0.717) is 12.4 Å². The standard InChI is InChI=1S/C29H22N8S/c1-2-4-18(5-3-1)10-30-11-19-8-21(13-31-12-19)24-9-22-25(16-33-24)36-37-28(22)29-34-26-15-32-14-23(27(26)35-29)20-6-7-38-17-20/h1-9,12-17,30H,10-11H2,(H,34,35)(H,36,37). The average molecular weight is 515 g/mol. The van der Waals surface area contributed by atoms with Crippen LogP contribution in [0.15, 0.2) is 90.3 Å². The minimum Gasteiger partial charge on any atom is -0.335 e. The monoisotopic (exact) mass is 514 g/mol. The molecule has 38 heavy (non-hydrogen) atoms. The number of rotatable bonds is 7. The van der Waals surface area contributed by atoms with Crippen molar-refractivity contribution >= 4 is 33.3 Å². The van der Waals surface area contributed by atoms with Crippen molar-refractivity contribution in [2.45, 2.75) is 13.1 Å². The molecule has 184 valence electrons. The zero-order chi connectivity index (χ0) is 25.3. The Morgan fingerprint density at radius 1 is 0.816 bits per heavy atom. The highest BCUT2D eigenvalue weighted by Gasteiger charge is 2.17. The van der Waals surface area contributed by atoms with Crippen LogP contribution in [0.2, 0.25) is 0 Å². The number of aromatic amines is 2. The van der Waals surface area contributed by atoms with E-state index in [1.165, 1.54) is 5.56 Å². The van der Waals surface area contributed by atoms with Crippen LogP contribution in [0.25, 0.3) is 55.8 Å². The van der Waals surface area contributed by atoms with Crippen LogP contribution < -0.4 is 5.32 Å². The zero-order valence-corrected chi connectivity index (χ0v) is 21.0. The quantitative estimate of drug-likeness (QED) is 0.242. The molecule has 6 aromatic heterocycles. The van der Waals surface area contributed by atoms with E-state index >= 15 is 0 Å². The van der Waals surface area contributed by atoms with Gasteiger partial charge in [0, 0.05) is 48.2 Å². The second kappa shape index (κ2) is 9.62. The number of pyridine rings is 3. The fourth-order valence-corrected chi connectivity index (χ4v) is 5.26. The van der Waals surface area contributed by atoms with Crippen LogP contribution in [0.3, 0.4) is 0 Å². The lowest BCUT2D eigenvalue weighted by molar-refractivity contribution is 0.691. The average Bonchev–Trinajstić information content (AvgIpc) is 3.73. The van der Waals surface area contributed by atoms with Crippen molar-refractivity contribution in [2.24, 2.45) is 0 Å². The molecule has 0 bridgehead atoms. The van der Waals surface area contributed by atoms with Crippen LogP contribution >= 0.6 is 11.3 Å². The molecule has 0 amide bonds. The fraction of sp³-hybridized carbons (Fsp3) is 0.0690. The molecule has 0 saturated heterocycles. The van der Waals surface area contributed by atoms with Gasteiger partial charge in [0.25, 0.3) is 0 Å². The van der Waals surface area contributed by atoms with E-state index < -0.39 is 0 Å². The molecule has 8 nitrogen and oxygen atoms in total. The molecule has 0 aliphatic rings. The number of benzene rings is 1. The summed E-state index contributed by atoms with van der Waals surface area (Å²) in [7, 11) is 0. The molecule has 1 aromatic carbocycles. The topological polar surface area (TPSA) is 108 Å². The number of H-pyrrole nitrogens is 2. The number of nitrogens with one attached hydrogen (secondary N) is 3. The Kier molecular flexibility index (Phi) is 5.69. The van der Waals surface area contributed by atoms with Gasteiger partial charge >= 0.3 is 0 Å². The molecule has 0 unspecified atom stereocenters. The zero-order valence-electron chi connectivity index (χ0n) is 20.2. The molecule has 0 fully saturated rings. The van der Waals surface area contributed by atoms with E-state index in [2.05, 4.69) is 82.6 Å². The molecule has 3 N–H and O–H groups in total. The first-order chi connectivity index (χ1) is 18.8. The number of aromatic nitrogens is 7. The smallest absolute Gasteiger partial charge is 0.159 e. The molecule has 7 rings (SSSR count). The Morgan fingerprint density at radius 3 is 2.61 bits per heavy atom. The minimum atomic E-state index is 0.685. The maximum Gasteiger partial charge on any atom is 0.159 e. The predicted octanol–water partition coefficient (Wildman–Crippen LogP) is 5.98. The van der Waals surface area contributed by atoms with Gasteiger partial charge in [0.2, 0.25) is 0 Å². The lowest BCUT2D eigenvalue weighted by Crippen LogP contribution is -2.12. The summed E-state index contributed by atoms with van der Waals surface area (Å²) < 4.78 is 0. The first-order valence-corrected chi connectivity index (χ1v) is 13.2. The molecule has 6 heterocycles. The van der Waals surface area contributed by atoms with Gasteiger partial charge in [-0.25, -0.2) is 4.98 Å². The van der Waals surface area contributed by atoms with Crippen molar-refractivity contribution in [1.82, 2.24) is 40.4 Å². The summed E-state index contributed by atoms with van der Waals surface area (Å²) in [5.74, 6) is 0.685. The summed E-state index contributed by atoms with van der Waals surface area (Å²) in [6.07, 6.45) is 9.19. The van der Waals surface area contributed by atoms with Gasteiger partial charge in [-0.1, -0.05) is 30.3 Å². The Balaban J connectivity index is 1.20. The number of nitrogens with zero attached hydrogens (tertiary/aromatic N) is 5. The molecule has 0 atom stereocenters. The normalized spacial score (nSPS) is 11.5. The molecular formula is C29H22N8S. The van der Waals surface area contributed by atoms with Gasteiger partial charge in [0.1, 0.15) is 11.2 Å². The maximum absolute atomic E-state index is 4.92. The summed E-state index contributed by atoms with van der Waals surface area (Å²) in [5.41, 5.74) is 9.55. The van der Waals surface area contributed by atoms with Crippen LogP contribution in [0.4, 0.5) is 0 Å². The third-order valence-corrected chi connectivity index (χ3v) is 7.17. The summed E-state index contributed by atoms with van der Waals surface area (Å²) >= 11 is 1.65. The van der Waals surface area contributed by atoms with Crippen molar-refractivity contribution < 1.29 is 0 Å². The van der Waals surface area contributed by atoms with Crippen LogP contribution in [-0.2, 0) is 13.1 Å². The summed E-state index contributed by atoms with van der Waals surface area (Å²) in [5, 5.41) is 16.3. The Morgan fingerprint density at radius 2 is 1.71 bits per heavy atom. The van der Waals surface area contributed by atoms with E-state index in [1.54, 1.807) is 17.5 Å². The number of imidazole rings is 1. The lowest BCUT2D eigenvalue weighted by Gasteiger charge is -2.07. The number of hydrogen-bond donors (Lipinski definition) is 3. The van der Waals surface area contributed by atoms with Crippen LogP contribution in [0.1, 0.15) is 11.1 Å². The first-order valence-electron chi connectivity index (χ1n) is 12.2. The highest BCUT2D eigenvalue weighted by Crippen LogP contribution is 2.32. The Labute approximate surface area is 221 Å². The Bertz CT molecular complexity index is 1850. The Hall–Kier alpha value is -4.73. The second-order valence-electron chi connectivity index (χ2n) is 9.04. The van der Waals surface area contributed by atoms with Gasteiger partial charge in [-0.2, -0.15) is 16.4 Å². The van der Waals surface area contributed by atoms with Gasteiger partial charge in [0.05, 0.1) is 29.1 Å². The second-order valence-corrected chi connectivity index (χ2v) is 9.82. The molecule has 9 heteroatoms. The molecule has 0 spiro atoms. The van der Waals surface area contributed by atoms with Gasteiger partial charge in [-0.3, -0.25) is 20.1 Å². The van der Waals surface area contributed by atoms with Gasteiger partial charge in [-0.05, 0) is 45.6 Å². The van der Waals surface area contributed by atoms with Crippen LogP contribution in [0.5, 0.6) is 0 Å². The third kappa shape index (κ3) is 4.23. The van der Waals surface area contributed by atoms with Gasteiger partial charge in [0.15, 0.2) is 5.82 Å². The molecule has 0 saturated carbocycles. The van der Waals surface area contributed by atoms with E-state index in [9.17, 15) is 0 Å². The minimum absolute atomic E-state index is 0.685. The molecule has 7 aromatic rings. The number of fused-ring (bicyclic) bond motifs is 2. The highest BCUT2D eigenvalue weighted by atomic mass is 32.1. The summed E-state index contributed by atoms with van der Waals surface area (Å²) in [6.45, 7) is 1.52. The van der Waals surface area contributed by atoms with E-state index in [-0.39, 0.29) is 0 Å². The summed E-state index contributed by atoms with van der Waals surface area (Å²) in [6, 6.07) is 16.6. The number of hydrogen-bond acceptors (Lipinski definition) is 7. The van der Waals surface area contributed by atoms with Crippen LogP contribution in [0, 0.1) is 0 Å². The van der Waals surface area contributed by atoms with Crippen molar-refractivity contribution in [3.05, 3.63) is 101 Å². The first kappa shape index (κ1) is 22.5. The van der Waals surface area contributed by atoms with Crippen LogP contribution in [-0.4, -0.2) is 35.1 Å². The van der Waals surface area contributed by atoms with Gasteiger partial charge in [-0.15, -0.1) is 0 Å². The van der Waals surface area contributed by atoms with Gasteiger partial charge < -0.3 is 10.3 Å². The predicted molar refractivity (Wildman–Crippen MR) is 150 cm³/mol.